The van der Waals surface area contributed by atoms with Crippen molar-refractivity contribution < 1.29 is 19.1 Å². The van der Waals surface area contributed by atoms with E-state index in [2.05, 4.69) is 0 Å². The lowest BCUT2D eigenvalue weighted by Gasteiger charge is -2.28. The van der Waals surface area contributed by atoms with Crippen molar-refractivity contribution in [2.24, 2.45) is 5.84 Å². The number of hydrogen-bond acceptors (Lipinski definition) is 7. The lowest BCUT2D eigenvalue weighted by molar-refractivity contribution is -0.152. The molecule has 0 saturated heterocycles. The third kappa shape index (κ3) is 4.90. The summed E-state index contributed by atoms with van der Waals surface area (Å²) in [5, 5.41) is 1.13. The van der Waals surface area contributed by atoms with Crippen LogP contribution in [0.2, 0.25) is 0 Å². The van der Waals surface area contributed by atoms with Gasteiger partial charge in [-0.25, -0.2) is 5.01 Å². The zero-order chi connectivity index (χ0) is 21.0. The van der Waals surface area contributed by atoms with E-state index in [9.17, 15) is 9.59 Å². The van der Waals surface area contributed by atoms with Gasteiger partial charge in [-0.2, -0.15) is 0 Å². The van der Waals surface area contributed by atoms with Gasteiger partial charge in [0.2, 0.25) is 0 Å². The SMILES string of the molecule is COc1ccc(C2Sc3ccccc3N(CCN(C)N)C(=O)C2OC(C)=O)cc1. The van der Waals surface area contributed by atoms with Crippen LogP contribution >= 0.6 is 11.8 Å². The van der Waals surface area contributed by atoms with Gasteiger partial charge in [0.1, 0.15) is 5.75 Å². The van der Waals surface area contributed by atoms with Gasteiger partial charge in [-0.15, -0.1) is 11.8 Å². The number of rotatable bonds is 6. The van der Waals surface area contributed by atoms with Gasteiger partial charge in [0.15, 0.2) is 6.10 Å². The fraction of sp³-hybridized carbons (Fsp3) is 0.333. The summed E-state index contributed by atoms with van der Waals surface area (Å²) in [6.07, 6.45) is -0.957. The van der Waals surface area contributed by atoms with Crippen molar-refractivity contribution in [2.75, 3.05) is 32.1 Å². The summed E-state index contributed by atoms with van der Waals surface area (Å²) in [5.41, 5.74) is 1.67. The van der Waals surface area contributed by atoms with Gasteiger partial charge in [-0.1, -0.05) is 24.3 Å². The van der Waals surface area contributed by atoms with Crippen LogP contribution in [0.3, 0.4) is 0 Å². The molecule has 0 spiro atoms. The standard InChI is InChI=1S/C21H25N3O4S/c1-14(25)28-19-20(15-8-10-16(27-3)11-9-15)29-18-7-5-4-6-17(18)24(21(19)26)13-12-23(2)22/h4-11,19-20H,12-13,22H2,1-3H3. The molecular formula is C21H25N3O4S. The van der Waals surface area contributed by atoms with Crippen molar-refractivity contribution in [1.29, 1.82) is 0 Å². The zero-order valence-corrected chi connectivity index (χ0v) is 17.5. The van der Waals surface area contributed by atoms with E-state index in [1.807, 2.05) is 48.5 Å². The molecule has 2 atom stereocenters. The first-order chi connectivity index (χ1) is 13.9. The number of thioether (sulfide) groups is 1. The number of carbonyl (C=O) groups excluding carboxylic acids is 2. The number of carbonyl (C=O) groups is 2. The van der Waals surface area contributed by atoms with Crippen molar-refractivity contribution in [2.45, 2.75) is 23.2 Å². The third-order valence-electron chi connectivity index (χ3n) is 4.61. The van der Waals surface area contributed by atoms with Crippen LogP contribution in [0, 0.1) is 0 Å². The monoisotopic (exact) mass is 415 g/mol. The summed E-state index contributed by atoms with van der Waals surface area (Å²) in [7, 11) is 3.34. The van der Waals surface area contributed by atoms with E-state index in [1.54, 1.807) is 19.1 Å². The van der Waals surface area contributed by atoms with Gasteiger partial charge in [-0.05, 0) is 29.8 Å². The summed E-state index contributed by atoms with van der Waals surface area (Å²) in [6.45, 7) is 2.18. The molecule has 3 rings (SSSR count). The van der Waals surface area contributed by atoms with Crippen molar-refractivity contribution in [3.63, 3.8) is 0 Å². The molecule has 0 radical (unpaired) electrons. The summed E-state index contributed by atoms with van der Waals surface area (Å²) in [5.74, 6) is 5.73. The first kappa shape index (κ1) is 21.2. The van der Waals surface area contributed by atoms with Crippen molar-refractivity contribution in [1.82, 2.24) is 5.01 Å². The number of para-hydroxylation sites is 1. The van der Waals surface area contributed by atoms with Crippen LogP contribution in [0.5, 0.6) is 5.75 Å². The number of nitrogens with zero attached hydrogens (tertiary/aromatic N) is 2. The number of anilines is 1. The molecule has 0 fully saturated rings. The summed E-state index contributed by atoms with van der Waals surface area (Å²) in [4.78, 5) is 28.0. The number of fused-ring (bicyclic) bond motifs is 1. The molecule has 1 amide bonds. The molecule has 1 aliphatic heterocycles. The largest absolute Gasteiger partial charge is 0.497 e. The van der Waals surface area contributed by atoms with Crippen LogP contribution < -0.4 is 15.5 Å². The van der Waals surface area contributed by atoms with E-state index in [0.717, 1.165) is 21.9 Å². The predicted octanol–water partition coefficient (Wildman–Crippen LogP) is 2.61. The third-order valence-corrected chi connectivity index (χ3v) is 5.98. The average molecular weight is 416 g/mol. The molecule has 154 valence electrons. The molecule has 29 heavy (non-hydrogen) atoms. The molecule has 0 aliphatic carbocycles. The van der Waals surface area contributed by atoms with Crippen molar-refractivity contribution in [3.05, 3.63) is 54.1 Å². The number of methoxy groups -OCH3 is 1. The molecule has 8 heteroatoms. The van der Waals surface area contributed by atoms with E-state index < -0.39 is 12.1 Å². The van der Waals surface area contributed by atoms with Crippen LogP contribution in [-0.4, -0.2) is 50.2 Å². The summed E-state index contributed by atoms with van der Waals surface area (Å²) < 4.78 is 10.8. The van der Waals surface area contributed by atoms with Crippen LogP contribution in [0.1, 0.15) is 17.7 Å². The Hall–Kier alpha value is -2.55. The number of ether oxygens (including phenoxy) is 2. The predicted molar refractivity (Wildman–Crippen MR) is 113 cm³/mol. The maximum Gasteiger partial charge on any atom is 0.303 e. The van der Waals surface area contributed by atoms with Gasteiger partial charge in [0.25, 0.3) is 5.91 Å². The highest BCUT2D eigenvalue weighted by Crippen LogP contribution is 2.46. The maximum atomic E-state index is 13.5. The van der Waals surface area contributed by atoms with Gasteiger partial charge in [-0.3, -0.25) is 15.4 Å². The molecule has 2 unspecified atom stereocenters. The van der Waals surface area contributed by atoms with Crippen LogP contribution in [0.25, 0.3) is 0 Å². The fourth-order valence-corrected chi connectivity index (χ4v) is 4.51. The minimum Gasteiger partial charge on any atom is -0.497 e. The summed E-state index contributed by atoms with van der Waals surface area (Å²) >= 11 is 1.51. The minimum atomic E-state index is -0.957. The molecule has 0 bridgehead atoms. The zero-order valence-electron chi connectivity index (χ0n) is 16.7. The molecule has 7 nitrogen and oxygen atoms in total. The molecule has 2 aromatic carbocycles. The lowest BCUT2D eigenvalue weighted by atomic mass is 10.1. The first-order valence-corrected chi connectivity index (χ1v) is 10.1. The average Bonchev–Trinajstić information content (AvgIpc) is 2.81. The smallest absolute Gasteiger partial charge is 0.303 e. The topological polar surface area (TPSA) is 85.1 Å². The number of amides is 1. The Kier molecular flexibility index (Phi) is 6.79. The number of benzene rings is 2. The maximum absolute atomic E-state index is 13.5. The second kappa shape index (κ2) is 9.30. The molecule has 1 heterocycles. The highest BCUT2D eigenvalue weighted by Gasteiger charge is 2.40. The molecule has 0 saturated carbocycles. The summed E-state index contributed by atoms with van der Waals surface area (Å²) in [6, 6.07) is 15.2. The first-order valence-electron chi connectivity index (χ1n) is 9.24. The lowest BCUT2D eigenvalue weighted by Crippen LogP contribution is -2.46. The Morgan fingerprint density at radius 3 is 2.52 bits per heavy atom. The Balaban J connectivity index is 2.06. The number of esters is 1. The molecule has 0 aromatic heterocycles. The minimum absolute atomic E-state index is 0.264. The highest BCUT2D eigenvalue weighted by molar-refractivity contribution is 7.99. The molecule has 2 aromatic rings. The van der Waals surface area contributed by atoms with Gasteiger partial charge >= 0.3 is 5.97 Å². The van der Waals surface area contributed by atoms with E-state index >= 15 is 0 Å². The fourth-order valence-electron chi connectivity index (χ4n) is 3.20. The second-order valence-electron chi connectivity index (χ2n) is 6.78. The Labute approximate surface area is 174 Å². The van der Waals surface area contributed by atoms with Crippen LogP contribution in [0.15, 0.2) is 53.4 Å². The normalized spacial score (nSPS) is 18.9. The molecular weight excluding hydrogens is 390 g/mol. The molecule has 2 N–H and O–H groups in total. The van der Waals surface area contributed by atoms with Gasteiger partial charge < -0.3 is 14.4 Å². The van der Waals surface area contributed by atoms with E-state index in [1.165, 1.54) is 23.7 Å². The number of hydrogen-bond donors (Lipinski definition) is 1. The van der Waals surface area contributed by atoms with Gasteiger partial charge in [0.05, 0.1) is 18.0 Å². The van der Waals surface area contributed by atoms with E-state index in [4.69, 9.17) is 15.3 Å². The van der Waals surface area contributed by atoms with Crippen molar-refractivity contribution in [3.8, 4) is 5.75 Å². The number of hydrazine groups is 1. The van der Waals surface area contributed by atoms with Crippen molar-refractivity contribution >= 4 is 29.3 Å². The Morgan fingerprint density at radius 1 is 1.21 bits per heavy atom. The Bertz CT molecular complexity index is 872. The Morgan fingerprint density at radius 2 is 1.90 bits per heavy atom. The molecule has 1 aliphatic rings. The van der Waals surface area contributed by atoms with E-state index in [0.29, 0.717) is 13.1 Å². The van der Waals surface area contributed by atoms with Gasteiger partial charge in [0, 0.05) is 32.0 Å². The second-order valence-corrected chi connectivity index (χ2v) is 7.96. The van der Waals surface area contributed by atoms with E-state index in [-0.39, 0.29) is 11.2 Å². The quantitative estimate of drug-likeness (QED) is 0.441. The van der Waals surface area contributed by atoms with Crippen LogP contribution in [0.4, 0.5) is 5.69 Å². The highest BCUT2D eigenvalue weighted by atomic mass is 32.2. The van der Waals surface area contributed by atoms with Crippen LogP contribution in [-0.2, 0) is 14.3 Å². The number of likely N-dealkylation sites (N-methyl/N-ethyl adjacent to an activating group) is 1. The number of nitrogens with two attached hydrogens (primary N) is 1.